The topological polar surface area (TPSA) is 254 Å². The number of carbonyl (C=O) groups excluding carboxylic acids is 5. The average molecular weight is 734 g/mol. The summed E-state index contributed by atoms with van der Waals surface area (Å²) in [5.74, 6) is -4.28. The highest BCUT2D eigenvalue weighted by atomic mass is 16.7. The summed E-state index contributed by atoms with van der Waals surface area (Å²) in [7, 11) is 0. The molecule has 0 amide bonds. The number of anilines is 2. The van der Waals surface area contributed by atoms with Crippen LogP contribution in [-0.2, 0) is 52.4 Å². The fraction of sp³-hybridized carbons (Fsp3) is 0.469. The van der Waals surface area contributed by atoms with E-state index in [0.29, 0.717) is 0 Å². The molecule has 0 aromatic heterocycles. The Hall–Kier alpha value is -5.89. The summed E-state index contributed by atoms with van der Waals surface area (Å²) in [5, 5.41) is 28.8. The standard InChI is InChI=1S/C32H39N5O15/c1-19(38)47-18-27-29(48-20(2)39)30(49-21(3)40)31(50-22(4)41)32(51-27)52-28(42)17-35(15-13-33-23-9-5-7-11-25(23)36(43)44)16-14-34-24-10-6-8-12-26(24)37(45)46/h5-12,27,29-34H,13-18H2,1-4H3/t27-,29+,30+,31-,32+/m1/s1. The molecule has 1 fully saturated rings. The summed E-state index contributed by atoms with van der Waals surface area (Å²) in [6.07, 6.45) is -7.78. The average Bonchev–Trinajstić information content (AvgIpc) is 3.06. The van der Waals surface area contributed by atoms with E-state index in [-0.39, 0.29) is 48.9 Å². The van der Waals surface area contributed by atoms with Gasteiger partial charge in [0.25, 0.3) is 11.4 Å². The van der Waals surface area contributed by atoms with Crippen molar-refractivity contribution in [3.05, 3.63) is 68.8 Å². The molecule has 1 aliphatic heterocycles. The molecule has 20 nitrogen and oxygen atoms in total. The van der Waals surface area contributed by atoms with Crippen LogP contribution in [0.2, 0.25) is 0 Å². The summed E-state index contributed by atoms with van der Waals surface area (Å²) in [6, 6.07) is 11.9. The number of rotatable bonds is 18. The second-order valence-electron chi connectivity index (χ2n) is 11.2. The molecule has 0 unspecified atom stereocenters. The van der Waals surface area contributed by atoms with Gasteiger partial charge < -0.3 is 39.1 Å². The van der Waals surface area contributed by atoms with Crippen molar-refractivity contribution in [2.45, 2.75) is 58.4 Å². The second-order valence-corrected chi connectivity index (χ2v) is 11.2. The second kappa shape index (κ2) is 19.5. The van der Waals surface area contributed by atoms with Crippen molar-refractivity contribution >= 4 is 52.6 Å². The van der Waals surface area contributed by atoms with Crippen LogP contribution in [0.1, 0.15) is 27.7 Å². The van der Waals surface area contributed by atoms with Gasteiger partial charge in [-0.25, -0.2) is 0 Å². The van der Waals surface area contributed by atoms with Crippen LogP contribution >= 0.6 is 0 Å². The lowest BCUT2D eigenvalue weighted by Crippen LogP contribution is -2.63. The number of hydrogen-bond donors (Lipinski definition) is 2. The van der Waals surface area contributed by atoms with E-state index in [1.165, 1.54) is 36.4 Å². The minimum atomic E-state index is -1.76. The number of nitro groups is 2. The third-order valence-electron chi connectivity index (χ3n) is 7.24. The Morgan fingerprint density at radius 1 is 0.692 bits per heavy atom. The first-order chi connectivity index (χ1) is 24.7. The minimum Gasteiger partial charge on any atom is -0.463 e. The zero-order chi connectivity index (χ0) is 38.4. The van der Waals surface area contributed by atoms with Gasteiger partial charge in [-0.15, -0.1) is 0 Å². The Morgan fingerprint density at radius 2 is 1.15 bits per heavy atom. The maximum absolute atomic E-state index is 13.5. The first-order valence-corrected chi connectivity index (χ1v) is 15.8. The summed E-state index contributed by atoms with van der Waals surface area (Å²) in [6.45, 7) is 3.65. The monoisotopic (exact) mass is 733 g/mol. The zero-order valence-electron chi connectivity index (χ0n) is 28.7. The first-order valence-electron chi connectivity index (χ1n) is 15.8. The van der Waals surface area contributed by atoms with Crippen LogP contribution < -0.4 is 10.6 Å². The highest BCUT2D eigenvalue weighted by Crippen LogP contribution is 2.30. The van der Waals surface area contributed by atoms with E-state index in [0.717, 1.165) is 27.7 Å². The van der Waals surface area contributed by atoms with Crippen molar-refractivity contribution in [3.8, 4) is 0 Å². The third-order valence-corrected chi connectivity index (χ3v) is 7.24. The van der Waals surface area contributed by atoms with E-state index in [2.05, 4.69) is 10.6 Å². The fourth-order valence-corrected chi connectivity index (χ4v) is 5.16. The van der Waals surface area contributed by atoms with Gasteiger partial charge in [-0.2, -0.15) is 0 Å². The van der Waals surface area contributed by atoms with Gasteiger partial charge in [0.2, 0.25) is 12.4 Å². The number of hydrogen-bond acceptors (Lipinski definition) is 18. The highest BCUT2D eigenvalue weighted by Gasteiger charge is 2.53. The van der Waals surface area contributed by atoms with Crippen molar-refractivity contribution in [1.29, 1.82) is 0 Å². The van der Waals surface area contributed by atoms with Gasteiger partial charge in [0.15, 0.2) is 12.2 Å². The van der Waals surface area contributed by atoms with Gasteiger partial charge >= 0.3 is 29.8 Å². The number of carbonyl (C=O) groups is 5. The molecule has 1 heterocycles. The van der Waals surface area contributed by atoms with Gasteiger partial charge in [-0.1, -0.05) is 24.3 Å². The highest BCUT2D eigenvalue weighted by molar-refractivity contribution is 5.72. The van der Waals surface area contributed by atoms with Crippen molar-refractivity contribution in [2.24, 2.45) is 0 Å². The molecule has 0 bridgehead atoms. The lowest BCUT2D eigenvalue weighted by atomic mass is 9.98. The molecule has 1 saturated heterocycles. The lowest BCUT2D eigenvalue weighted by Gasteiger charge is -2.43. The molecule has 0 spiro atoms. The summed E-state index contributed by atoms with van der Waals surface area (Å²) < 4.78 is 32.5. The van der Waals surface area contributed by atoms with E-state index in [1.54, 1.807) is 17.0 Å². The molecule has 0 saturated carbocycles. The zero-order valence-corrected chi connectivity index (χ0v) is 28.7. The van der Waals surface area contributed by atoms with Crippen LogP contribution in [0.4, 0.5) is 22.7 Å². The van der Waals surface area contributed by atoms with E-state index < -0.39 is 83.6 Å². The molecule has 282 valence electrons. The number of esters is 5. The normalized spacial score (nSPS) is 19.4. The number of nitrogens with one attached hydrogen (secondary N) is 2. The van der Waals surface area contributed by atoms with Gasteiger partial charge in [-0.05, 0) is 12.1 Å². The molecule has 0 aliphatic carbocycles. The Labute approximate surface area is 296 Å². The lowest BCUT2D eigenvalue weighted by molar-refractivity contribution is -0.384. The smallest absolute Gasteiger partial charge is 0.322 e. The minimum absolute atomic E-state index is 0.0955. The summed E-state index contributed by atoms with van der Waals surface area (Å²) in [4.78, 5) is 84.7. The SMILES string of the molecule is CC(=O)OC[C@H]1O[C@@H](OC(=O)CN(CCNc2ccccc2[N+](=O)[O-])CCNc2ccccc2[N+](=O)[O-])[C@H](OC(C)=O)[C@@H](OC(C)=O)[C@H]1OC(C)=O. The molecule has 20 heteroatoms. The van der Waals surface area contributed by atoms with Crippen molar-refractivity contribution in [2.75, 3.05) is 50.0 Å². The van der Waals surface area contributed by atoms with E-state index in [1.807, 2.05) is 0 Å². The number of ether oxygens (including phenoxy) is 6. The summed E-state index contributed by atoms with van der Waals surface area (Å²) >= 11 is 0. The Balaban J connectivity index is 1.85. The van der Waals surface area contributed by atoms with E-state index in [4.69, 9.17) is 28.4 Å². The Kier molecular flexibility index (Phi) is 15.2. The predicted molar refractivity (Wildman–Crippen MR) is 178 cm³/mol. The maximum atomic E-state index is 13.5. The molecule has 2 aromatic rings. The van der Waals surface area contributed by atoms with E-state index in [9.17, 15) is 44.2 Å². The largest absolute Gasteiger partial charge is 0.463 e. The van der Waals surface area contributed by atoms with Crippen LogP contribution in [0.3, 0.4) is 0 Å². The molecule has 2 aromatic carbocycles. The van der Waals surface area contributed by atoms with Crippen molar-refractivity contribution in [1.82, 2.24) is 4.90 Å². The molecule has 0 radical (unpaired) electrons. The quantitative estimate of drug-likeness (QED) is 0.0960. The first kappa shape index (κ1) is 40.5. The molecular formula is C32H39N5O15. The predicted octanol–water partition coefficient (Wildman–Crippen LogP) is 1.96. The van der Waals surface area contributed by atoms with Gasteiger partial charge in [0, 0.05) is 66.0 Å². The van der Waals surface area contributed by atoms with Crippen LogP contribution in [0, 0.1) is 20.2 Å². The van der Waals surface area contributed by atoms with Gasteiger partial charge in [0.05, 0.1) is 16.4 Å². The molecule has 3 rings (SSSR count). The molecular weight excluding hydrogens is 694 g/mol. The molecule has 5 atom stereocenters. The van der Waals surface area contributed by atoms with Crippen LogP contribution in [0.15, 0.2) is 48.5 Å². The van der Waals surface area contributed by atoms with Crippen LogP contribution in [-0.4, -0.2) is 115 Å². The van der Waals surface area contributed by atoms with Crippen LogP contribution in [0.25, 0.3) is 0 Å². The summed E-state index contributed by atoms with van der Waals surface area (Å²) in [5.41, 5.74) is 0.112. The van der Waals surface area contributed by atoms with Gasteiger partial charge in [0.1, 0.15) is 24.1 Å². The number of nitrogens with zero attached hydrogens (tertiary/aromatic N) is 3. The number of nitro benzene ring substituents is 2. The fourth-order valence-electron chi connectivity index (χ4n) is 5.16. The van der Waals surface area contributed by atoms with Crippen LogP contribution in [0.5, 0.6) is 0 Å². The van der Waals surface area contributed by atoms with E-state index >= 15 is 0 Å². The number of benzene rings is 2. The molecule has 1 aliphatic rings. The van der Waals surface area contributed by atoms with Crippen molar-refractivity contribution in [3.63, 3.8) is 0 Å². The van der Waals surface area contributed by atoms with Gasteiger partial charge in [-0.3, -0.25) is 49.1 Å². The molecule has 2 N–H and O–H groups in total. The third kappa shape index (κ3) is 12.5. The number of para-hydroxylation sites is 4. The Bertz CT molecular complexity index is 1560. The van der Waals surface area contributed by atoms with Crippen molar-refractivity contribution < 1.29 is 62.2 Å². The molecule has 52 heavy (non-hydrogen) atoms. The maximum Gasteiger partial charge on any atom is 0.322 e. The Morgan fingerprint density at radius 3 is 1.62 bits per heavy atom.